The lowest BCUT2D eigenvalue weighted by atomic mass is 10.2. The van der Waals surface area contributed by atoms with Crippen molar-refractivity contribution >= 4 is 17.3 Å². The number of carbonyl (C=O) groups is 1. The maximum atomic E-state index is 12.7. The van der Waals surface area contributed by atoms with Gasteiger partial charge in [-0.1, -0.05) is 37.3 Å². The summed E-state index contributed by atoms with van der Waals surface area (Å²) < 4.78 is 11.3. The third-order valence-corrected chi connectivity index (χ3v) is 4.20. The molecule has 1 aliphatic heterocycles. The molecule has 1 heterocycles. The Bertz CT molecular complexity index is 684. The SMILES string of the molecule is CC[C@H](Oc1ccccc1)C(=O)Nc1ccccc1N1CCOCC1. The first-order valence-electron chi connectivity index (χ1n) is 8.72. The highest BCUT2D eigenvalue weighted by Gasteiger charge is 2.21. The first-order valence-corrected chi connectivity index (χ1v) is 8.72. The zero-order valence-electron chi connectivity index (χ0n) is 14.5. The fraction of sp³-hybridized carbons (Fsp3) is 0.350. The van der Waals surface area contributed by atoms with Crippen molar-refractivity contribution in [2.45, 2.75) is 19.4 Å². The number of nitrogens with one attached hydrogen (secondary N) is 1. The molecule has 2 aromatic rings. The quantitative estimate of drug-likeness (QED) is 0.876. The second-order valence-electron chi connectivity index (χ2n) is 5.93. The zero-order valence-corrected chi connectivity index (χ0v) is 14.5. The number of amides is 1. The Hall–Kier alpha value is -2.53. The molecule has 5 heteroatoms. The summed E-state index contributed by atoms with van der Waals surface area (Å²) in [6.45, 7) is 5.00. The van der Waals surface area contributed by atoms with Gasteiger partial charge < -0.3 is 19.7 Å². The minimum atomic E-state index is -0.528. The van der Waals surface area contributed by atoms with Gasteiger partial charge in [-0.25, -0.2) is 0 Å². The van der Waals surface area contributed by atoms with Crippen LogP contribution in [-0.4, -0.2) is 38.3 Å². The van der Waals surface area contributed by atoms with E-state index < -0.39 is 6.10 Å². The normalized spacial score (nSPS) is 15.5. The van der Waals surface area contributed by atoms with Gasteiger partial charge in [-0.2, -0.15) is 0 Å². The van der Waals surface area contributed by atoms with Crippen molar-refractivity contribution < 1.29 is 14.3 Å². The van der Waals surface area contributed by atoms with Crippen LogP contribution in [0.3, 0.4) is 0 Å². The Kier molecular flexibility index (Phi) is 5.90. The van der Waals surface area contributed by atoms with Gasteiger partial charge in [0.05, 0.1) is 24.6 Å². The standard InChI is InChI=1S/C20H24N2O3/c1-2-19(25-16-8-4-3-5-9-16)20(23)21-17-10-6-7-11-18(17)22-12-14-24-15-13-22/h3-11,19H,2,12-15H2,1H3,(H,21,23)/t19-/m0/s1. The minimum Gasteiger partial charge on any atom is -0.481 e. The molecule has 25 heavy (non-hydrogen) atoms. The fourth-order valence-corrected chi connectivity index (χ4v) is 2.86. The highest BCUT2D eigenvalue weighted by atomic mass is 16.5. The van der Waals surface area contributed by atoms with Crippen molar-refractivity contribution in [3.63, 3.8) is 0 Å². The zero-order chi connectivity index (χ0) is 17.5. The molecule has 1 atom stereocenters. The Morgan fingerprint density at radius 1 is 1.12 bits per heavy atom. The maximum Gasteiger partial charge on any atom is 0.265 e. The number of ether oxygens (including phenoxy) is 2. The van der Waals surface area contributed by atoms with Crippen LogP contribution in [0.2, 0.25) is 0 Å². The van der Waals surface area contributed by atoms with Gasteiger partial charge >= 0.3 is 0 Å². The Labute approximate surface area is 148 Å². The van der Waals surface area contributed by atoms with Gasteiger partial charge in [-0.15, -0.1) is 0 Å². The molecule has 1 aliphatic rings. The second-order valence-corrected chi connectivity index (χ2v) is 5.93. The first-order chi connectivity index (χ1) is 12.3. The summed E-state index contributed by atoms with van der Waals surface area (Å²) in [5.41, 5.74) is 1.83. The molecule has 0 radical (unpaired) electrons. The molecule has 0 aromatic heterocycles. The molecule has 0 bridgehead atoms. The van der Waals surface area contributed by atoms with Gasteiger partial charge in [0.1, 0.15) is 5.75 Å². The monoisotopic (exact) mass is 340 g/mol. The largest absolute Gasteiger partial charge is 0.481 e. The number of para-hydroxylation sites is 3. The molecular weight excluding hydrogens is 316 g/mol. The van der Waals surface area contributed by atoms with Crippen molar-refractivity contribution in [3.8, 4) is 5.75 Å². The lowest BCUT2D eigenvalue weighted by Gasteiger charge is -2.30. The molecule has 0 saturated carbocycles. The van der Waals surface area contributed by atoms with Crippen LogP contribution in [0.5, 0.6) is 5.75 Å². The van der Waals surface area contributed by atoms with Gasteiger partial charge in [0.15, 0.2) is 6.10 Å². The smallest absolute Gasteiger partial charge is 0.265 e. The highest BCUT2D eigenvalue weighted by Crippen LogP contribution is 2.27. The van der Waals surface area contributed by atoms with E-state index in [9.17, 15) is 4.79 Å². The topological polar surface area (TPSA) is 50.8 Å². The Morgan fingerprint density at radius 3 is 2.52 bits per heavy atom. The van der Waals surface area contributed by atoms with Crippen LogP contribution < -0.4 is 15.0 Å². The van der Waals surface area contributed by atoms with Crippen LogP contribution in [-0.2, 0) is 9.53 Å². The van der Waals surface area contributed by atoms with Gasteiger partial charge in [0.2, 0.25) is 0 Å². The predicted molar refractivity (Wildman–Crippen MR) is 99.3 cm³/mol. The van der Waals surface area contributed by atoms with Gasteiger partial charge in [0.25, 0.3) is 5.91 Å². The number of morpholine rings is 1. The minimum absolute atomic E-state index is 0.132. The molecule has 1 N–H and O–H groups in total. The summed E-state index contributed by atoms with van der Waals surface area (Å²) in [5, 5.41) is 3.03. The highest BCUT2D eigenvalue weighted by molar-refractivity contribution is 5.97. The number of hydrogen-bond acceptors (Lipinski definition) is 4. The number of rotatable bonds is 6. The van der Waals surface area contributed by atoms with Crippen LogP contribution >= 0.6 is 0 Å². The molecule has 5 nitrogen and oxygen atoms in total. The average molecular weight is 340 g/mol. The number of anilines is 2. The van der Waals surface area contributed by atoms with Crippen molar-refractivity contribution in [1.82, 2.24) is 0 Å². The van der Waals surface area contributed by atoms with Crippen LogP contribution in [0.4, 0.5) is 11.4 Å². The number of nitrogens with zero attached hydrogens (tertiary/aromatic N) is 1. The molecule has 3 rings (SSSR count). The van der Waals surface area contributed by atoms with E-state index in [0.717, 1.165) is 24.5 Å². The summed E-state index contributed by atoms with van der Waals surface area (Å²) in [4.78, 5) is 14.9. The number of benzene rings is 2. The molecule has 1 fully saturated rings. The van der Waals surface area contributed by atoms with E-state index in [1.54, 1.807) is 0 Å². The van der Waals surface area contributed by atoms with E-state index in [1.807, 2.05) is 61.5 Å². The Balaban J connectivity index is 1.71. The van der Waals surface area contributed by atoms with Crippen molar-refractivity contribution in [1.29, 1.82) is 0 Å². The van der Waals surface area contributed by atoms with Gasteiger partial charge in [-0.05, 0) is 30.7 Å². The number of carbonyl (C=O) groups excluding carboxylic acids is 1. The van der Waals surface area contributed by atoms with E-state index in [-0.39, 0.29) is 5.91 Å². The second kappa shape index (κ2) is 8.53. The third-order valence-electron chi connectivity index (χ3n) is 4.20. The van der Waals surface area contributed by atoms with Gasteiger partial charge in [-0.3, -0.25) is 4.79 Å². The van der Waals surface area contributed by atoms with Crippen molar-refractivity contribution in [2.24, 2.45) is 0 Å². The van der Waals surface area contributed by atoms with Crippen LogP contribution in [0.25, 0.3) is 0 Å². The molecule has 0 aliphatic carbocycles. The summed E-state index contributed by atoms with van der Waals surface area (Å²) in [6.07, 6.45) is 0.0700. The molecule has 132 valence electrons. The molecule has 0 unspecified atom stereocenters. The summed E-state index contributed by atoms with van der Waals surface area (Å²) >= 11 is 0. The third kappa shape index (κ3) is 4.51. The summed E-state index contributed by atoms with van der Waals surface area (Å²) in [6, 6.07) is 17.3. The van der Waals surface area contributed by atoms with E-state index in [0.29, 0.717) is 25.4 Å². The van der Waals surface area contributed by atoms with Crippen molar-refractivity contribution in [3.05, 3.63) is 54.6 Å². The van der Waals surface area contributed by atoms with Crippen molar-refractivity contribution in [2.75, 3.05) is 36.5 Å². The van der Waals surface area contributed by atoms with E-state index in [1.165, 1.54) is 0 Å². The fourth-order valence-electron chi connectivity index (χ4n) is 2.86. The van der Waals surface area contributed by atoms with E-state index >= 15 is 0 Å². The van der Waals surface area contributed by atoms with Crippen LogP contribution in [0.1, 0.15) is 13.3 Å². The molecular formula is C20H24N2O3. The van der Waals surface area contributed by atoms with Crippen LogP contribution in [0.15, 0.2) is 54.6 Å². The molecule has 0 spiro atoms. The lowest BCUT2D eigenvalue weighted by molar-refractivity contribution is -0.122. The van der Waals surface area contributed by atoms with E-state index in [4.69, 9.17) is 9.47 Å². The number of hydrogen-bond donors (Lipinski definition) is 1. The lowest BCUT2D eigenvalue weighted by Crippen LogP contribution is -2.37. The van der Waals surface area contributed by atoms with Gasteiger partial charge in [0, 0.05) is 13.1 Å². The average Bonchev–Trinajstić information content (AvgIpc) is 2.68. The molecule has 1 amide bonds. The maximum absolute atomic E-state index is 12.7. The molecule has 2 aromatic carbocycles. The summed E-state index contributed by atoms with van der Waals surface area (Å²) in [7, 11) is 0. The summed E-state index contributed by atoms with van der Waals surface area (Å²) in [5.74, 6) is 0.568. The van der Waals surface area contributed by atoms with Crippen LogP contribution in [0, 0.1) is 0 Å². The Morgan fingerprint density at radius 2 is 1.80 bits per heavy atom. The van der Waals surface area contributed by atoms with E-state index in [2.05, 4.69) is 10.2 Å². The predicted octanol–water partition coefficient (Wildman–Crippen LogP) is 3.32. The molecule has 1 saturated heterocycles. The first kappa shape index (κ1) is 17.3.